The van der Waals surface area contributed by atoms with Gasteiger partial charge in [-0.05, 0) is 63.6 Å². The second-order valence-electron chi connectivity index (χ2n) is 8.40. The maximum Gasteiger partial charge on any atom is 0.347 e. The molecule has 0 bridgehead atoms. The van der Waals surface area contributed by atoms with Crippen molar-refractivity contribution in [2.45, 2.75) is 51.7 Å². The van der Waals surface area contributed by atoms with Crippen LogP contribution in [-0.4, -0.2) is 56.3 Å². The van der Waals surface area contributed by atoms with Crippen LogP contribution < -0.4 is 15.4 Å². The van der Waals surface area contributed by atoms with Crippen molar-refractivity contribution in [2.75, 3.05) is 23.8 Å². The first-order chi connectivity index (χ1) is 16.5. The van der Waals surface area contributed by atoms with Gasteiger partial charge in [0.25, 0.3) is 0 Å². The number of ether oxygens (including phenoxy) is 2. The van der Waals surface area contributed by atoms with Crippen molar-refractivity contribution in [3.8, 4) is 11.6 Å². The van der Waals surface area contributed by atoms with Gasteiger partial charge >= 0.3 is 5.97 Å². The molecule has 1 unspecified atom stereocenters. The first kappa shape index (κ1) is 23.5. The van der Waals surface area contributed by atoms with Crippen molar-refractivity contribution in [1.82, 2.24) is 19.9 Å². The van der Waals surface area contributed by atoms with Crippen LogP contribution in [0.2, 0.25) is 0 Å². The largest absolute Gasteiger partial charge is 0.492 e. The second kappa shape index (κ2) is 11.0. The molecule has 3 aromatic heterocycles. The monoisotopic (exact) mass is 466 g/mol. The fraction of sp³-hybridized carbons (Fsp3) is 0.458. The highest BCUT2D eigenvalue weighted by molar-refractivity contribution is 5.83. The van der Waals surface area contributed by atoms with E-state index < -0.39 is 12.1 Å². The summed E-state index contributed by atoms with van der Waals surface area (Å²) in [7, 11) is 0. The Kier molecular flexibility index (Phi) is 7.56. The molecule has 34 heavy (non-hydrogen) atoms. The van der Waals surface area contributed by atoms with Crippen molar-refractivity contribution < 1.29 is 19.4 Å². The highest BCUT2D eigenvalue weighted by Gasteiger charge is 2.22. The second-order valence-corrected chi connectivity index (χ2v) is 8.40. The molecule has 3 N–H and O–H groups in total. The number of pyridine rings is 2. The van der Waals surface area contributed by atoms with Gasteiger partial charge in [0.15, 0.2) is 11.9 Å². The van der Waals surface area contributed by atoms with Gasteiger partial charge in [-0.1, -0.05) is 0 Å². The number of aromatic nitrogens is 4. The quantitative estimate of drug-likeness (QED) is 0.402. The van der Waals surface area contributed by atoms with E-state index in [1.54, 1.807) is 32.4 Å². The summed E-state index contributed by atoms with van der Waals surface area (Å²) in [5.41, 5.74) is 0.511. The van der Waals surface area contributed by atoms with Gasteiger partial charge in [-0.2, -0.15) is 0 Å². The molecular formula is C24H30N6O4. The Labute approximate surface area is 198 Å². The molecule has 1 aliphatic carbocycles. The van der Waals surface area contributed by atoms with E-state index in [1.165, 1.54) is 0 Å². The van der Waals surface area contributed by atoms with Crippen molar-refractivity contribution in [3.05, 3.63) is 36.8 Å². The molecule has 4 rings (SSSR count). The minimum atomic E-state index is -0.710. The predicted octanol–water partition coefficient (Wildman–Crippen LogP) is 3.54. The third-order valence-electron chi connectivity index (χ3n) is 5.90. The lowest BCUT2D eigenvalue weighted by Crippen LogP contribution is -2.29. The number of nitrogens with zero attached hydrogens (tertiary/aromatic N) is 4. The van der Waals surface area contributed by atoms with Gasteiger partial charge in [-0.3, -0.25) is 0 Å². The molecule has 10 nitrogen and oxygen atoms in total. The Balaban J connectivity index is 1.21. The molecule has 3 aromatic rings. The molecule has 1 saturated carbocycles. The first-order valence-electron chi connectivity index (χ1n) is 11.6. The smallest absolute Gasteiger partial charge is 0.347 e. The SMILES string of the molecule is CCOC(=O)C(C)Oc1cnc(NC[C@H]2CC[C@H](Nc3ccc4ccnc(O)c4n3)CC2)nc1. The number of anilines is 2. The number of hydrogen-bond donors (Lipinski definition) is 3. The van der Waals surface area contributed by atoms with E-state index in [4.69, 9.17) is 9.47 Å². The summed E-state index contributed by atoms with van der Waals surface area (Å²) in [5.74, 6) is 1.77. The average Bonchev–Trinajstić information content (AvgIpc) is 2.85. The topological polar surface area (TPSA) is 131 Å². The highest BCUT2D eigenvalue weighted by Crippen LogP contribution is 2.28. The number of hydrogen-bond acceptors (Lipinski definition) is 10. The third-order valence-corrected chi connectivity index (χ3v) is 5.90. The van der Waals surface area contributed by atoms with E-state index in [9.17, 15) is 9.90 Å². The summed E-state index contributed by atoms with van der Waals surface area (Å²) >= 11 is 0. The van der Waals surface area contributed by atoms with Gasteiger partial charge < -0.3 is 25.2 Å². The van der Waals surface area contributed by atoms with Crippen LogP contribution in [0.3, 0.4) is 0 Å². The van der Waals surface area contributed by atoms with Gasteiger partial charge in [0, 0.05) is 24.2 Å². The number of rotatable bonds is 9. The summed E-state index contributed by atoms with van der Waals surface area (Å²) < 4.78 is 10.4. The normalized spacial score (nSPS) is 18.8. The molecular weight excluding hydrogens is 436 g/mol. The summed E-state index contributed by atoms with van der Waals surface area (Å²) in [4.78, 5) is 28.6. The van der Waals surface area contributed by atoms with Gasteiger partial charge in [0.05, 0.1) is 19.0 Å². The molecule has 0 aliphatic heterocycles. The summed E-state index contributed by atoms with van der Waals surface area (Å²) in [6.07, 6.45) is 8.17. The Morgan fingerprint density at radius 3 is 2.65 bits per heavy atom. The Hall–Kier alpha value is -3.69. The number of aromatic hydroxyl groups is 1. The molecule has 1 atom stereocenters. The fourth-order valence-corrected chi connectivity index (χ4v) is 4.05. The Morgan fingerprint density at radius 2 is 1.91 bits per heavy atom. The van der Waals surface area contributed by atoms with E-state index in [0.29, 0.717) is 35.8 Å². The Morgan fingerprint density at radius 1 is 1.15 bits per heavy atom. The molecule has 1 fully saturated rings. The van der Waals surface area contributed by atoms with Crippen LogP contribution in [0.15, 0.2) is 36.8 Å². The summed E-state index contributed by atoms with van der Waals surface area (Å²) in [6, 6.07) is 6.05. The van der Waals surface area contributed by atoms with Crippen molar-refractivity contribution in [2.24, 2.45) is 5.92 Å². The molecule has 3 heterocycles. The van der Waals surface area contributed by atoms with Gasteiger partial charge in [-0.15, -0.1) is 0 Å². The van der Waals surface area contributed by atoms with Crippen LogP contribution in [-0.2, 0) is 9.53 Å². The fourth-order valence-electron chi connectivity index (χ4n) is 4.05. The van der Waals surface area contributed by atoms with Gasteiger partial charge in [0.1, 0.15) is 11.3 Å². The minimum Gasteiger partial charge on any atom is -0.492 e. The lowest BCUT2D eigenvalue weighted by Gasteiger charge is -2.29. The van der Waals surface area contributed by atoms with E-state index in [1.807, 2.05) is 18.2 Å². The van der Waals surface area contributed by atoms with Crippen molar-refractivity contribution in [3.63, 3.8) is 0 Å². The lowest BCUT2D eigenvalue weighted by molar-refractivity contribution is -0.150. The van der Waals surface area contributed by atoms with Crippen LogP contribution >= 0.6 is 0 Å². The molecule has 1 aliphatic rings. The van der Waals surface area contributed by atoms with Crippen LogP contribution in [0.1, 0.15) is 39.5 Å². The van der Waals surface area contributed by atoms with E-state index in [0.717, 1.165) is 43.4 Å². The number of carbonyl (C=O) groups is 1. The molecule has 0 spiro atoms. The standard InChI is InChI=1S/C24H30N6O4/c1-3-33-23(32)15(2)34-19-13-27-24(28-14-19)26-12-16-4-7-18(8-5-16)29-20-9-6-17-10-11-25-22(31)21(17)30-20/h6,9-11,13-16,18H,3-5,7-8,12H2,1-2H3,(H,25,31)(H,29,30)(H,26,27,28)/t15?,16-,18-. The highest BCUT2D eigenvalue weighted by atomic mass is 16.6. The molecule has 0 aromatic carbocycles. The zero-order valence-electron chi connectivity index (χ0n) is 19.4. The summed E-state index contributed by atoms with van der Waals surface area (Å²) in [6.45, 7) is 4.49. The maximum atomic E-state index is 11.7. The zero-order valence-corrected chi connectivity index (χ0v) is 19.4. The molecule has 0 saturated heterocycles. The van der Waals surface area contributed by atoms with Crippen molar-refractivity contribution in [1.29, 1.82) is 0 Å². The van der Waals surface area contributed by atoms with Gasteiger partial charge in [0.2, 0.25) is 11.8 Å². The number of fused-ring (bicyclic) bond motifs is 1. The maximum absolute atomic E-state index is 11.7. The minimum absolute atomic E-state index is 0.0498. The average molecular weight is 467 g/mol. The van der Waals surface area contributed by atoms with Crippen LogP contribution in [0, 0.1) is 5.92 Å². The first-order valence-corrected chi connectivity index (χ1v) is 11.6. The predicted molar refractivity (Wildman–Crippen MR) is 128 cm³/mol. The molecule has 10 heteroatoms. The van der Waals surface area contributed by atoms with E-state index in [-0.39, 0.29) is 5.88 Å². The van der Waals surface area contributed by atoms with E-state index >= 15 is 0 Å². The third kappa shape index (κ3) is 6.00. The van der Waals surface area contributed by atoms with Crippen molar-refractivity contribution >= 4 is 28.6 Å². The lowest BCUT2D eigenvalue weighted by atomic mass is 9.86. The Bertz CT molecular complexity index is 1100. The van der Waals surface area contributed by atoms with Crippen LogP contribution in [0.5, 0.6) is 11.6 Å². The molecule has 180 valence electrons. The molecule has 0 radical (unpaired) electrons. The number of nitrogens with one attached hydrogen (secondary N) is 2. The number of carbonyl (C=O) groups excluding carboxylic acids is 1. The summed E-state index contributed by atoms with van der Waals surface area (Å²) in [5, 5.41) is 17.6. The van der Waals surface area contributed by atoms with E-state index in [2.05, 4.69) is 30.6 Å². The molecule has 0 amide bonds. The van der Waals surface area contributed by atoms with Crippen LogP contribution in [0.4, 0.5) is 11.8 Å². The zero-order chi connectivity index (χ0) is 23.9. The number of esters is 1. The van der Waals surface area contributed by atoms with Crippen LogP contribution in [0.25, 0.3) is 10.9 Å². The van der Waals surface area contributed by atoms with Gasteiger partial charge in [-0.25, -0.2) is 24.7 Å².